The predicted octanol–water partition coefficient (Wildman–Crippen LogP) is 4.76. The zero-order valence-electron chi connectivity index (χ0n) is 19.4. The summed E-state index contributed by atoms with van der Waals surface area (Å²) in [6.45, 7) is 0. The molecule has 0 saturated heterocycles. The van der Waals surface area contributed by atoms with E-state index in [1.54, 1.807) is 18.2 Å². The standard InChI is InChI=1S/C26H29N5O3/c1-30(2)24-17-25(29-23-9-4-3-8-22(23)24)27-19-11-13-20(14-12-19)28-26(32)15-10-18-6-5-7-21(16-18)31(33)34/h3-10,15-17,19-20H,11-14H2,1-2H3,(H,27,29)(H,28,32)/b15-10+/t19-,20+. The van der Waals surface area contributed by atoms with E-state index in [4.69, 9.17) is 4.98 Å². The normalized spacial score (nSPS) is 18.1. The topological polar surface area (TPSA) is 100 Å². The van der Waals surface area contributed by atoms with Crippen LogP contribution in [0.25, 0.3) is 17.0 Å². The van der Waals surface area contributed by atoms with E-state index in [-0.39, 0.29) is 17.6 Å². The predicted molar refractivity (Wildman–Crippen MR) is 136 cm³/mol. The smallest absolute Gasteiger partial charge is 0.270 e. The Bertz CT molecular complexity index is 1220. The lowest BCUT2D eigenvalue weighted by Crippen LogP contribution is -2.39. The van der Waals surface area contributed by atoms with Gasteiger partial charge in [0.15, 0.2) is 0 Å². The molecular formula is C26H29N5O3. The van der Waals surface area contributed by atoms with Crippen molar-refractivity contribution in [3.8, 4) is 0 Å². The van der Waals surface area contributed by atoms with Crippen molar-refractivity contribution in [2.24, 2.45) is 0 Å². The van der Waals surface area contributed by atoms with E-state index >= 15 is 0 Å². The lowest BCUT2D eigenvalue weighted by atomic mass is 9.91. The van der Waals surface area contributed by atoms with Gasteiger partial charge in [0.05, 0.1) is 10.4 Å². The van der Waals surface area contributed by atoms with Gasteiger partial charge in [-0.3, -0.25) is 14.9 Å². The van der Waals surface area contributed by atoms with Crippen LogP contribution in [0, 0.1) is 10.1 Å². The SMILES string of the molecule is CN(C)c1cc(N[C@H]2CC[C@@H](NC(=O)/C=C/c3cccc([N+](=O)[O-])c3)CC2)nc2ccccc12. The summed E-state index contributed by atoms with van der Waals surface area (Å²) in [6.07, 6.45) is 6.66. The Labute approximate surface area is 198 Å². The first-order valence-corrected chi connectivity index (χ1v) is 11.5. The van der Waals surface area contributed by atoms with Gasteiger partial charge in [-0.2, -0.15) is 0 Å². The van der Waals surface area contributed by atoms with Crippen molar-refractivity contribution < 1.29 is 9.72 Å². The number of hydrogen-bond acceptors (Lipinski definition) is 6. The first-order chi connectivity index (χ1) is 16.4. The van der Waals surface area contributed by atoms with Crippen molar-refractivity contribution in [1.82, 2.24) is 10.3 Å². The number of nitro benzene ring substituents is 1. The number of rotatable bonds is 7. The molecule has 1 heterocycles. The van der Waals surface area contributed by atoms with Crippen LogP contribution in [0.2, 0.25) is 0 Å². The van der Waals surface area contributed by atoms with Crippen LogP contribution in [-0.2, 0) is 4.79 Å². The Hall–Kier alpha value is -3.94. The number of aromatic nitrogens is 1. The molecule has 0 atom stereocenters. The fourth-order valence-electron chi connectivity index (χ4n) is 4.36. The second-order valence-corrected chi connectivity index (χ2v) is 8.83. The Morgan fingerprint density at radius 2 is 1.79 bits per heavy atom. The minimum absolute atomic E-state index is 0.00647. The Morgan fingerprint density at radius 1 is 1.06 bits per heavy atom. The van der Waals surface area contributed by atoms with Gasteiger partial charge in [0.1, 0.15) is 5.82 Å². The number of nitrogens with zero attached hydrogens (tertiary/aromatic N) is 3. The number of hydrogen-bond donors (Lipinski definition) is 2. The highest BCUT2D eigenvalue weighted by Gasteiger charge is 2.22. The van der Waals surface area contributed by atoms with Gasteiger partial charge in [0, 0.05) is 61.5 Å². The maximum Gasteiger partial charge on any atom is 0.270 e. The van der Waals surface area contributed by atoms with E-state index in [2.05, 4.69) is 27.7 Å². The highest BCUT2D eigenvalue weighted by atomic mass is 16.6. The maximum atomic E-state index is 12.3. The summed E-state index contributed by atoms with van der Waals surface area (Å²) in [4.78, 5) is 29.7. The minimum atomic E-state index is -0.446. The summed E-state index contributed by atoms with van der Waals surface area (Å²) >= 11 is 0. The van der Waals surface area contributed by atoms with Crippen molar-refractivity contribution in [1.29, 1.82) is 0 Å². The van der Waals surface area contributed by atoms with Crippen LogP contribution < -0.4 is 15.5 Å². The summed E-state index contributed by atoms with van der Waals surface area (Å²) in [6, 6.07) is 16.9. The van der Waals surface area contributed by atoms with Gasteiger partial charge in [-0.05, 0) is 43.4 Å². The number of para-hydroxylation sites is 1. The molecule has 4 rings (SSSR count). The van der Waals surface area contributed by atoms with Crippen LogP contribution in [0.3, 0.4) is 0 Å². The third-order valence-electron chi connectivity index (χ3n) is 6.11. The molecule has 0 bridgehead atoms. The number of nitro groups is 1. The molecule has 1 aliphatic rings. The van der Waals surface area contributed by atoms with E-state index < -0.39 is 4.92 Å². The number of benzene rings is 2. The molecule has 34 heavy (non-hydrogen) atoms. The van der Waals surface area contributed by atoms with Crippen LogP contribution in [0.1, 0.15) is 31.2 Å². The van der Waals surface area contributed by atoms with E-state index in [0.717, 1.165) is 48.1 Å². The summed E-state index contributed by atoms with van der Waals surface area (Å²) in [5.41, 5.74) is 2.72. The highest BCUT2D eigenvalue weighted by molar-refractivity contribution is 5.93. The number of carbonyl (C=O) groups excluding carboxylic acids is 1. The molecule has 1 fully saturated rings. The molecule has 1 aliphatic carbocycles. The first-order valence-electron chi connectivity index (χ1n) is 11.5. The summed E-state index contributed by atoms with van der Waals surface area (Å²) in [5.74, 6) is 0.685. The fraction of sp³-hybridized carbons (Fsp3) is 0.308. The lowest BCUT2D eigenvalue weighted by Gasteiger charge is -2.30. The van der Waals surface area contributed by atoms with Crippen LogP contribution in [0.15, 0.2) is 60.7 Å². The third-order valence-corrected chi connectivity index (χ3v) is 6.11. The largest absolute Gasteiger partial charge is 0.377 e. The highest BCUT2D eigenvalue weighted by Crippen LogP contribution is 2.29. The zero-order valence-corrected chi connectivity index (χ0v) is 19.4. The van der Waals surface area contributed by atoms with Crippen molar-refractivity contribution in [3.63, 3.8) is 0 Å². The molecule has 0 spiro atoms. The van der Waals surface area contributed by atoms with Crippen LogP contribution in [0.5, 0.6) is 0 Å². The van der Waals surface area contributed by atoms with E-state index in [0.29, 0.717) is 11.6 Å². The van der Waals surface area contributed by atoms with Gasteiger partial charge in [-0.25, -0.2) is 4.98 Å². The Balaban J connectivity index is 1.31. The summed E-state index contributed by atoms with van der Waals surface area (Å²) < 4.78 is 0. The summed E-state index contributed by atoms with van der Waals surface area (Å²) in [5, 5.41) is 18.7. The van der Waals surface area contributed by atoms with Gasteiger partial charge in [-0.1, -0.05) is 30.3 Å². The molecule has 0 radical (unpaired) electrons. The molecule has 8 heteroatoms. The molecule has 8 nitrogen and oxygen atoms in total. The quantitative estimate of drug-likeness (QED) is 0.300. The van der Waals surface area contributed by atoms with E-state index in [9.17, 15) is 14.9 Å². The molecular weight excluding hydrogens is 430 g/mol. The maximum absolute atomic E-state index is 12.3. The van der Waals surface area contributed by atoms with Gasteiger partial charge in [0.25, 0.3) is 5.69 Å². The fourth-order valence-corrected chi connectivity index (χ4v) is 4.36. The molecule has 1 saturated carbocycles. The second-order valence-electron chi connectivity index (χ2n) is 8.83. The Kier molecular flexibility index (Phi) is 7.06. The van der Waals surface area contributed by atoms with Crippen LogP contribution >= 0.6 is 0 Å². The number of carbonyl (C=O) groups is 1. The molecule has 176 valence electrons. The van der Waals surface area contributed by atoms with E-state index in [1.807, 2.05) is 32.3 Å². The van der Waals surface area contributed by atoms with Crippen molar-refractivity contribution >= 4 is 40.1 Å². The van der Waals surface area contributed by atoms with Gasteiger partial charge in [0.2, 0.25) is 5.91 Å². The van der Waals surface area contributed by atoms with Crippen molar-refractivity contribution in [2.75, 3.05) is 24.3 Å². The molecule has 3 aromatic rings. The van der Waals surface area contributed by atoms with Crippen LogP contribution in [0.4, 0.5) is 17.2 Å². The molecule has 1 aromatic heterocycles. The first kappa shape index (κ1) is 23.2. The number of fused-ring (bicyclic) bond motifs is 1. The minimum Gasteiger partial charge on any atom is -0.377 e. The third kappa shape index (κ3) is 5.70. The number of amides is 1. The molecule has 2 aromatic carbocycles. The number of pyridine rings is 1. The number of non-ortho nitro benzene ring substituents is 1. The number of anilines is 2. The monoisotopic (exact) mass is 459 g/mol. The molecule has 1 amide bonds. The van der Waals surface area contributed by atoms with Crippen molar-refractivity contribution in [2.45, 2.75) is 37.8 Å². The van der Waals surface area contributed by atoms with Gasteiger partial charge < -0.3 is 15.5 Å². The Morgan fingerprint density at radius 3 is 2.53 bits per heavy atom. The van der Waals surface area contributed by atoms with Crippen molar-refractivity contribution in [3.05, 3.63) is 76.4 Å². The van der Waals surface area contributed by atoms with Gasteiger partial charge >= 0.3 is 0 Å². The zero-order chi connectivity index (χ0) is 24.1. The molecule has 0 aliphatic heterocycles. The lowest BCUT2D eigenvalue weighted by molar-refractivity contribution is -0.384. The van der Waals surface area contributed by atoms with Crippen LogP contribution in [-0.4, -0.2) is 42.0 Å². The molecule has 0 unspecified atom stereocenters. The molecule has 2 N–H and O–H groups in total. The number of nitrogens with one attached hydrogen (secondary N) is 2. The average Bonchev–Trinajstić information content (AvgIpc) is 2.83. The second kappa shape index (κ2) is 10.3. The summed E-state index contributed by atoms with van der Waals surface area (Å²) in [7, 11) is 4.07. The van der Waals surface area contributed by atoms with Gasteiger partial charge in [-0.15, -0.1) is 0 Å². The van der Waals surface area contributed by atoms with E-state index in [1.165, 1.54) is 18.2 Å². The average molecular weight is 460 g/mol.